The molecular weight excluding hydrogens is 166 g/mol. The summed E-state index contributed by atoms with van der Waals surface area (Å²) in [4.78, 5) is 9.67. The molecule has 0 aromatic carbocycles. The summed E-state index contributed by atoms with van der Waals surface area (Å²) in [6.45, 7) is 0. The van der Waals surface area contributed by atoms with E-state index in [1.807, 2.05) is 0 Å². The van der Waals surface area contributed by atoms with Crippen LogP contribution in [0.4, 0.5) is 0 Å². The van der Waals surface area contributed by atoms with Gasteiger partial charge in [-0.15, -0.1) is 6.42 Å². The van der Waals surface area contributed by atoms with Crippen molar-refractivity contribution in [1.82, 2.24) is 0 Å². The molecule has 1 fully saturated rings. The Balaban J connectivity index is 3.11. The lowest BCUT2D eigenvalue weighted by Crippen LogP contribution is -2.17. The number of nitrogens with zero attached hydrogens (tertiary/aromatic N) is 1. The number of terminal acetylenes is 1. The first-order valence-electron chi connectivity index (χ1n) is 2.89. The minimum atomic E-state index is -3.78. The fourth-order valence-electron chi connectivity index (χ4n) is 0.727. The summed E-state index contributed by atoms with van der Waals surface area (Å²) in [7, 11) is -3.78. The number of sulfonamides is 1. The number of carbonyl (C=O) groups excluding carboxylic acids is 1. The molecule has 0 atom stereocenters. The Morgan fingerprint density at radius 2 is 2.00 bits per heavy atom. The van der Waals surface area contributed by atoms with E-state index >= 15 is 0 Å². The van der Waals surface area contributed by atoms with Crippen molar-refractivity contribution in [2.45, 2.75) is 17.6 Å². The van der Waals surface area contributed by atoms with Crippen LogP contribution in [0.1, 0.15) is 12.8 Å². The van der Waals surface area contributed by atoms with Crippen molar-refractivity contribution in [3.63, 3.8) is 0 Å². The van der Waals surface area contributed by atoms with Gasteiger partial charge in [-0.25, -0.2) is 13.2 Å². The minimum absolute atomic E-state index is 0.386. The van der Waals surface area contributed by atoms with Gasteiger partial charge >= 0.3 is 0 Å². The summed E-state index contributed by atoms with van der Waals surface area (Å²) in [5.41, 5.74) is 0. The molecule has 0 N–H and O–H groups in total. The average Bonchev–Trinajstić information content (AvgIpc) is 2.66. The minimum Gasteiger partial charge on any atom is -0.210 e. The normalized spacial score (nSPS) is 19.5. The molecule has 1 rings (SSSR count). The molecular formula is C6H5NO3S. The first-order valence-corrected chi connectivity index (χ1v) is 4.33. The van der Waals surface area contributed by atoms with Crippen LogP contribution in [-0.4, -0.2) is 19.2 Å². The molecule has 0 heterocycles. The van der Waals surface area contributed by atoms with Crippen LogP contribution < -0.4 is 0 Å². The van der Waals surface area contributed by atoms with Gasteiger partial charge in [0.25, 0.3) is 16.1 Å². The lowest BCUT2D eigenvalue weighted by Gasteiger charge is -1.99. The Hall–Kier alpha value is -1.11. The van der Waals surface area contributed by atoms with Crippen molar-refractivity contribution in [3.8, 4) is 12.3 Å². The molecule has 0 radical (unpaired) electrons. The second-order valence-electron chi connectivity index (χ2n) is 2.30. The van der Waals surface area contributed by atoms with Gasteiger partial charge in [0.2, 0.25) is 0 Å². The highest BCUT2D eigenvalue weighted by Crippen LogP contribution is 2.43. The third-order valence-electron chi connectivity index (χ3n) is 1.62. The zero-order valence-corrected chi connectivity index (χ0v) is 6.39. The molecule has 1 saturated carbocycles. The van der Waals surface area contributed by atoms with Crippen LogP contribution in [0.5, 0.6) is 0 Å². The van der Waals surface area contributed by atoms with Gasteiger partial charge in [-0.2, -0.15) is 0 Å². The summed E-state index contributed by atoms with van der Waals surface area (Å²) in [5.74, 6) is 2.12. The van der Waals surface area contributed by atoms with Gasteiger partial charge in [0.15, 0.2) is 4.75 Å². The van der Waals surface area contributed by atoms with Gasteiger partial charge in [-0.3, -0.25) is 0 Å². The number of hydrogen-bond donors (Lipinski definition) is 0. The maximum atomic E-state index is 11.0. The van der Waals surface area contributed by atoms with Crippen molar-refractivity contribution in [1.29, 1.82) is 0 Å². The molecule has 4 nitrogen and oxygen atoms in total. The zero-order valence-electron chi connectivity index (χ0n) is 5.57. The first-order chi connectivity index (χ1) is 5.08. The van der Waals surface area contributed by atoms with Crippen molar-refractivity contribution in [2.75, 3.05) is 0 Å². The molecule has 1 aliphatic carbocycles. The Kier molecular flexibility index (Phi) is 1.59. The predicted octanol–water partition coefficient (Wildman–Crippen LogP) is -0.182. The molecule has 0 aromatic heterocycles. The zero-order chi connectivity index (χ0) is 8.54. The number of hydrogen-bond acceptors (Lipinski definition) is 3. The van der Waals surface area contributed by atoms with Crippen LogP contribution >= 0.6 is 0 Å². The summed E-state index contributed by atoms with van der Waals surface area (Å²) >= 11 is 0. The van der Waals surface area contributed by atoms with Gasteiger partial charge < -0.3 is 0 Å². The molecule has 58 valence electrons. The topological polar surface area (TPSA) is 63.6 Å². The standard InChI is InChI=1S/C6H5NO3S/c1-2-6(3-4-6)11(9,10)7-5-8/h1H,3-4H2. The SMILES string of the molecule is C#CC1(S(=O)(=O)N=C=O)CC1. The smallest absolute Gasteiger partial charge is 0.210 e. The fourth-order valence-corrected chi connectivity index (χ4v) is 1.77. The van der Waals surface area contributed by atoms with Crippen molar-refractivity contribution in [2.24, 2.45) is 4.40 Å². The fraction of sp³-hybridized carbons (Fsp3) is 0.500. The van der Waals surface area contributed by atoms with Gasteiger partial charge in [0.1, 0.15) is 0 Å². The summed E-state index contributed by atoms with van der Waals surface area (Å²) in [6.07, 6.45) is 6.72. The van der Waals surface area contributed by atoms with E-state index in [1.165, 1.54) is 0 Å². The maximum absolute atomic E-state index is 11.0. The Labute approximate surface area is 64.4 Å². The largest absolute Gasteiger partial charge is 0.280 e. The Bertz CT molecular complexity index is 352. The molecule has 11 heavy (non-hydrogen) atoms. The van der Waals surface area contributed by atoms with E-state index in [-0.39, 0.29) is 0 Å². The average molecular weight is 171 g/mol. The highest BCUT2D eigenvalue weighted by molar-refractivity contribution is 7.92. The van der Waals surface area contributed by atoms with E-state index in [1.54, 1.807) is 0 Å². The summed E-state index contributed by atoms with van der Waals surface area (Å²) in [6, 6.07) is 0. The molecule has 0 bridgehead atoms. The molecule has 0 saturated heterocycles. The first kappa shape index (κ1) is 7.99. The van der Waals surface area contributed by atoms with E-state index in [2.05, 4.69) is 10.3 Å². The quantitative estimate of drug-likeness (QED) is 0.329. The van der Waals surface area contributed by atoms with Gasteiger partial charge in [-0.05, 0) is 12.8 Å². The summed E-state index contributed by atoms with van der Waals surface area (Å²) < 4.78 is 23.4. The molecule has 5 heteroatoms. The van der Waals surface area contributed by atoms with Gasteiger partial charge in [-0.1, -0.05) is 10.3 Å². The van der Waals surface area contributed by atoms with E-state index in [0.29, 0.717) is 12.8 Å². The van der Waals surface area contributed by atoms with Crippen molar-refractivity contribution in [3.05, 3.63) is 0 Å². The molecule has 0 spiro atoms. The van der Waals surface area contributed by atoms with E-state index in [4.69, 9.17) is 6.42 Å². The lowest BCUT2D eigenvalue weighted by molar-refractivity contribution is 0.562. The van der Waals surface area contributed by atoms with Crippen LogP contribution in [0.2, 0.25) is 0 Å². The molecule has 0 aliphatic heterocycles. The molecule has 0 amide bonds. The lowest BCUT2D eigenvalue weighted by atomic mass is 10.4. The van der Waals surface area contributed by atoms with Gasteiger partial charge in [0.05, 0.1) is 0 Å². The van der Waals surface area contributed by atoms with Crippen LogP contribution in [-0.2, 0) is 14.8 Å². The molecule has 0 aromatic rings. The Morgan fingerprint density at radius 3 is 2.27 bits per heavy atom. The second kappa shape index (κ2) is 2.19. The van der Waals surface area contributed by atoms with E-state index in [9.17, 15) is 13.2 Å². The second-order valence-corrected chi connectivity index (χ2v) is 4.21. The van der Waals surface area contributed by atoms with Crippen LogP contribution in [0.3, 0.4) is 0 Å². The highest BCUT2D eigenvalue weighted by Gasteiger charge is 2.53. The maximum Gasteiger partial charge on any atom is 0.280 e. The Morgan fingerprint density at radius 1 is 1.45 bits per heavy atom. The van der Waals surface area contributed by atoms with Crippen LogP contribution in [0.25, 0.3) is 0 Å². The third kappa shape index (κ3) is 1.07. The highest BCUT2D eigenvalue weighted by atomic mass is 32.2. The molecule has 1 aliphatic rings. The van der Waals surface area contributed by atoms with Crippen LogP contribution in [0.15, 0.2) is 4.40 Å². The van der Waals surface area contributed by atoms with Crippen molar-refractivity contribution < 1.29 is 13.2 Å². The molecule has 0 unspecified atom stereocenters. The van der Waals surface area contributed by atoms with Crippen LogP contribution in [0, 0.1) is 12.3 Å². The summed E-state index contributed by atoms with van der Waals surface area (Å²) in [5, 5.41) is 0. The third-order valence-corrected chi connectivity index (χ3v) is 3.45. The van der Waals surface area contributed by atoms with E-state index in [0.717, 1.165) is 6.08 Å². The van der Waals surface area contributed by atoms with Crippen molar-refractivity contribution >= 4 is 16.1 Å². The number of rotatable bonds is 2. The number of isocyanates is 1. The monoisotopic (exact) mass is 171 g/mol. The van der Waals surface area contributed by atoms with Gasteiger partial charge in [0, 0.05) is 0 Å². The predicted molar refractivity (Wildman–Crippen MR) is 37.8 cm³/mol. The van der Waals surface area contributed by atoms with E-state index < -0.39 is 14.8 Å².